The smallest absolute Gasteiger partial charge is 0.221 e. The minimum atomic E-state index is 0.0231. The molecule has 1 saturated carbocycles. The van der Waals surface area contributed by atoms with E-state index in [-0.39, 0.29) is 5.91 Å². The molecule has 1 aliphatic carbocycles. The first kappa shape index (κ1) is 10.5. The van der Waals surface area contributed by atoms with Gasteiger partial charge >= 0.3 is 0 Å². The van der Waals surface area contributed by atoms with Gasteiger partial charge in [0.1, 0.15) is 0 Å². The molecule has 2 N–H and O–H groups in total. The summed E-state index contributed by atoms with van der Waals surface area (Å²) in [5.41, 5.74) is 0. The van der Waals surface area contributed by atoms with E-state index in [0.717, 1.165) is 6.54 Å². The van der Waals surface area contributed by atoms with Crippen molar-refractivity contribution in [1.82, 2.24) is 10.6 Å². The van der Waals surface area contributed by atoms with Crippen LogP contribution in [0.2, 0.25) is 0 Å². The molecule has 0 atom stereocenters. The molecule has 0 aromatic heterocycles. The standard InChI is InChI=1S/C9H15ClN2O/c1-7(10)6-12-9(13)4-5-11-8-2-3-8/h8,11H,1-6H2,(H,12,13). The minimum Gasteiger partial charge on any atom is -0.351 e. The van der Waals surface area contributed by atoms with Gasteiger partial charge in [-0.05, 0) is 12.8 Å². The number of amides is 1. The third-order valence-corrected chi connectivity index (χ3v) is 1.97. The summed E-state index contributed by atoms with van der Waals surface area (Å²) >= 11 is 5.49. The fraction of sp³-hybridized carbons (Fsp3) is 0.667. The lowest BCUT2D eigenvalue weighted by Gasteiger charge is -2.04. The van der Waals surface area contributed by atoms with Gasteiger partial charge < -0.3 is 10.6 Å². The summed E-state index contributed by atoms with van der Waals surface area (Å²) in [6, 6.07) is 0.663. The highest BCUT2D eigenvalue weighted by molar-refractivity contribution is 6.29. The molecule has 1 amide bonds. The second-order valence-electron chi connectivity index (χ2n) is 3.27. The maximum absolute atomic E-state index is 11.1. The molecular weight excluding hydrogens is 188 g/mol. The van der Waals surface area contributed by atoms with Crippen LogP contribution in [0.5, 0.6) is 0 Å². The van der Waals surface area contributed by atoms with Crippen LogP contribution in [0.3, 0.4) is 0 Å². The summed E-state index contributed by atoms with van der Waals surface area (Å²) in [5, 5.41) is 6.39. The molecular formula is C9H15ClN2O. The minimum absolute atomic E-state index is 0.0231. The second kappa shape index (κ2) is 5.25. The number of carbonyl (C=O) groups is 1. The largest absolute Gasteiger partial charge is 0.351 e. The Morgan fingerprint density at radius 2 is 2.23 bits per heavy atom. The molecule has 0 unspecified atom stereocenters. The van der Waals surface area contributed by atoms with Gasteiger partial charge in [0, 0.05) is 24.0 Å². The predicted octanol–water partition coefficient (Wildman–Crippen LogP) is 0.997. The molecule has 1 fully saturated rings. The number of nitrogens with one attached hydrogen (secondary N) is 2. The van der Waals surface area contributed by atoms with E-state index < -0.39 is 0 Å². The number of hydrogen-bond acceptors (Lipinski definition) is 2. The summed E-state index contributed by atoms with van der Waals surface area (Å²) in [6.07, 6.45) is 3.01. The Kier molecular flexibility index (Phi) is 4.25. The van der Waals surface area contributed by atoms with Crippen LogP contribution in [0, 0.1) is 0 Å². The lowest BCUT2D eigenvalue weighted by molar-refractivity contribution is -0.120. The molecule has 0 aliphatic heterocycles. The molecule has 1 aliphatic rings. The Hall–Kier alpha value is -0.540. The molecule has 0 saturated heterocycles. The molecule has 0 aromatic rings. The summed E-state index contributed by atoms with van der Waals surface area (Å²) in [4.78, 5) is 11.1. The normalized spacial score (nSPS) is 15.5. The zero-order chi connectivity index (χ0) is 9.68. The average Bonchev–Trinajstić information content (AvgIpc) is 2.84. The first-order valence-corrected chi connectivity index (χ1v) is 4.89. The highest BCUT2D eigenvalue weighted by Gasteiger charge is 2.19. The lowest BCUT2D eigenvalue weighted by Crippen LogP contribution is -2.29. The monoisotopic (exact) mass is 202 g/mol. The molecule has 4 heteroatoms. The molecule has 0 bridgehead atoms. The van der Waals surface area contributed by atoms with Gasteiger partial charge in [-0.25, -0.2) is 0 Å². The molecule has 3 nitrogen and oxygen atoms in total. The van der Waals surface area contributed by atoms with E-state index >= 15 is 0 Å². The zero-order valence-corrected chi connectivity index (χ0v) is 8.36. The van der Waals surface area contributed by atoms with Crippen LogP contribution < -0.4 is 10.6 Å². The highest BCUT2D eigenvalue weighted by Crippen LogP contribution is 2.18. The number of halogens is 1. The van der Waals surface area contributed by atoms with E-state index in [1.165, 1.54) is 12.8 Å². The Bertz CT molecular complexity index is 202. The third kappa shape index (κ3) is 5.66. The van der Waals surface area contributed by atoms with Gasteiger partial charge in [-0.3, -0.25) is 4.79 Å². The van der Waals surface area contributed by atoms with Crippen LogP contribution in [0.15, 0.2) is 11.6 Å². The van der Waals surface area contributed by atoms with Crippen LogP contribution in [0.25, 0.3) is 0 Å². The van der Waals surface area contributed by atoms with Crippen molar-refractivity contribution < 1.29 is 4.79 Å². The van der Waals surface area contributed by atoms with Crippen molar-refractivity contribution in [3.8, 4) is 0 Å². The Labute approximate surface area is 83.5 Å². The number of hydrogen-bond donors (Lipinski definition) is 2. The van der Waals surface area contributed by atoms with E-state index in [2.05, 4.69) is 17.2 Å². The van der Waals surface area contributed by atoms with E-state index in [9.17, 15) is 4.79 Å². The van der Waals surface area contributed by atoms with Gasteiger partial charge in [0.25, 0.3) is 0 Å². The van der Waals surface area contributed by atoms with Crippen molar-refractivity contribution in [3.05, 3.63) is 11.6 Å². The summed E-state index contributed by atoms with van der Waals surface area (Å²) in [5.74, 6) is 0.0231. The summed E-state index contributed by atoms with van der Waals surface area (Å²) in [7, 11) is 0. The molecule has 1 rings (SSSR count). The maximum Gasteiger partial charge on any atom is 0.221 e. The lowest BCUT2D eigenvalue weighted by atomic mass is 10.4. The third-order valence-electron chi connectivity index (χ3n) is 1.84. The van der Waals surface area contributed by atoms with Gasteiger partial charge in [0.2, 0.25) is 5.91 Å². The zero-order valence-electron chi connectivity index (χ0n) is 7.61. The average molecular weight is 203 g/mol. The van der Waals surface area contributed by atoms with Gasteiger partial charge in [-0.15, -0.1) is 0 Å². The van der Waals surface area contributed by atoms with Crippen LogP contribution >= 0.6 is 11.6 Å². The van der Waals surface area contributed by atoms with Crippen LogP contribution in [0.4, 0.5) is 0 Å². The van der Waals surface area contributed by atoms with Crippen molar-refractivity contribution in [1.29, 1.82) is 0 Å². The van der Waals surface area contributed by atoms with Crippen LogP contribution in [-0.4, -0.2) is 25.0 Å². The van der Waals surface area contributed by atoms with Gasteiger partial charge in [0.05, 0.1) is 6.54 Å². The van der Waals surface area contributed by atoms with E-state index in [1.54, 1.807) is 0 Å². The second-order valence-corrected chi connectivity index (χ2v) is 3.81. The van der Waals surface area contributed by atoms with Crippen molar-refractivity contribution in [2.24, 2.45) is 0 Å². The molecule has 0 aromatic carbocycles. The molecule has 0 radical (unpaired) electrons. The van der Waals surface area contributed by atoms with Crippen molar-refractivity contribution in [3.63, 3.8) is 0 Å². The van der Waals surface area contributed by atoms with Gasteiger partial charge in [0.15, 0.2) is 0 Å². The maximum atomic E-state index is 11.1. The Balaban J connectivity index is 1.93. The molecule has 0 spiro atoms. The fourth-order valence-corrected chi connectivity index (χ4v) is 1.03. The van der Waals surface area contributed by atoms with Crippen LogP contribution in [-0.2, 0) is 4.79 Å². The summed E-state index contributed by atoms with van der Waals surface area (Å²) in [6.45, 7) is 4.60. The van der Waals surface area contributed by atoms with E-state index in [1.807, 2.05) is 0 Å². The first-order chi connectivity index (χ1) is 6.18. The number of carbonyl (C=O) groups excluding carboxylic acids is 1. The van der Waals surface area contributed by atoms with Gasteiger partial charge in [-0.2, -0.15) is 0 Å². The van der Waals surface area contributed by atoms with Crippen molar-refractivity contribution >= 4 is 17.5 Å². The fourth-order valence-electron chi connectivity index (χ4n) is 0.960. The number of rotatable bonds is 6. The van der Waals surface area contributed by atoms with Crippen molar-refractivity contribution in [2.75, 3.05) is 13.1 Å². The quantitative estimate of drug-likeness (QED) is 0.675. The summed E-state index contributed by atoms with van der Waals surface area (Å²) < 4.78 is 0. The topological polar surface area (TPSA) is 41.1 Å². The molecule has 74 valence electrons. The van der Waals surface area contributed by atoms with Crippen molar-refractivity contribution in [2.45, 2.75) is 25.3 Å². The van der Waals surface area contributed by atoms with E-state index in [0.29, 0.717) is 24.0 Å². The first-order valence-electron chi connectivity index (χ1n) is 4.52. The highest BCUT2D eigenvalue weighted by atomic mass is 35.5. The van der Waals surface area contributed by atoms with Crippen LogP contribution in [0.1, 0.15) is 19.3 Å². The molecule has 0 heterocycles. The Morgan fingerprint density at radius 3 is 2.77 bits per heavy atom. The molecule has 13 heavy (non-hydrogen) atoms. The van der Waals surface area contributed by atoms with Gasteiger partial charge in [-0.1, -0.05) is 18.2 Å². The predicted molar refractivity (Wildman–Crippen MR) is 53.6 cm³/mol. The van der Waals surface area contributed by atoms with E-state index in [4.69, 9.17) is 11.6 Å². The Morgan fingerprint density at radius 1 is 1.54 bits per heavy atom. The SMILES string of the molecule is C=C(Cl)CNC(=O)CCNC1CC1.